The van der Waals surface area contributed by atoms with E-state index in [1.807, 2.05) is 18.2 Å². The Balaban J connectivity index is 1.76. The topological polar surface area (TPSA) is 123 Å². The Morgan fingerprint density at radius 3 is 2.68 bits per heavy atom. The minimum Gasteiger partial charge on any atom is -0.444 e. The number of aliphatic hydroxyl groups excluding tert-OH is 2. The lowest BCUT2D eigenvalue weighted by atomic mass is 10.1. The highest BCUT2D eigenvalue weighted by molar-refractivity contribution is 5.84. The number of carbonyl (C=O) groups is 1. The Kier molecular flexibility index (Phi) is 5.75. The monoisotopic (exact) mass is 385 g/mol. The van der Waals surface area contributed by atoms with Crippen LogP contribution in [0.25, 0.3) is 0 Å². The van der Waals surface area contributed by atoms with Crippen LogP contribution in [0, 0.1) is 12.3 Å². The fourth-order valence-electron chi connectivity index (χ4n) is 2.77. The average Bonchev–Trinajstić information content (AvgIpc) is 2.94. The van der Waals surface area contributed by atoms with Crippen LogP contribution in [-0.4, -0.2) is 44.2 Å². The van der Waals surface area contributed by atoms with Gasteiger partial charge in [-0.05, 0) is 12.5 Å². The average molecular weight is 385 g/mol. The molecule has 1 fully saturated rings. The number of amides is 1. The lowest BCUT2D eigenvalue weighted by Crippen LogP contribution is -2.36. The molecule has 9 nitrogen and oxygen atoms in total. The van der Waals surface area contributed by atoms with Crippen LogP contribution in [0.5, 0.6) is 0 Å². The van der Waals surface area contributed by atoms with Gasteiger partial charge in [0.05, 0.1) is 11.7 Å². The number of benzene rings is 1. The van der Waals surface area contributed by atoms with E-state index in [0.29, 0.717) is 0 Å². The molecule has 2 heterocycles. The lowest BCUT2D eigenvalue weighted by Gasteiger charge is -2.18. The molecule has 0 aliphatic carbocycles. The first kappa shape index (κ1) is 19.6. The highest BCUT2D eigenvalue weighted by Gasteiger charge is 2.42. The third kappa shape index (κ3) is 4.04. The van der Waals surface area contributed by atoms with Crippen LogP contribution >= 0.6 is 0 Å². The van der Waals surface area contributed by atoms with Crippen molar-refractivity contribution in [2.75, 3.05) is 5.32 Å². The van der Waals surface area contributed by atoms with Crippen molar-refractivity contribution in [3.8, 4) is 12.3 Å². The van der Waals surface area contributed by atoms with E-state index in [2.05, 4.69) is 16.2 Å². The Hall–Kier alpha value is -3.19. The summed E-state index contributed by atoms with van der Waals surface area (Å²) in [5, 5.41) is 22.2. The molecule has 0 radical (unpaired) electrons. The predicted molar refractivity (Wildman–Crippen MR) is 98.3 cm³/mol. The number of carbonyl (C=O) groups excluding carboxylic acids is 1. The number of hydrogen-bond acceptors (Lipinski definition) is 7. The predicted octanol–water partition coefficient (Wildman–Crippen LogP) is 0.612. The number of aromatic nitrogens is 2. The molecule has 3 rings (SSSR count). The van der Waals surface area contributed by atoms with Gasteiger partial charge in [-0.15, -0.1) is 6.42 Å². The van der Waals surface area contributed by atoms with Gasteiger partial charge in [-0.3, -0.25) is 9.88 Å². The number of hydrogen-bond donors (Lipinski definition) is 3. The van der Waals surface area contributed by atoms with Gasteiger partial charge in [0.25, 0.3) is 0 Å². The van der Waals surface area contributed by atoms with E-state index in [4.69, 9.17) is 15.9 Å². The van der Waals surface area contributed by atoms with Gasteiger partial charge in [-0.1, -0.05) is 36.3 Å². The number of terminal acetylenes is 1. The standard InChI is InChI=1S/C19H19N3O6/c1-3-13-9-22(17-15(24)14(23)11(2)28-17)18(25)20-16(13)21-19(26)27-10-12-7-5-4-6-8-12/h1,4-9,11,14-15,17,23-24H,10H2,2H3,(H,20,21,25,26)/t11-,14-,15-,17-/m1/s1. The van der Waals surface area contributed by atoms with Gasteiger partial charge in [0, 0.05) is 6.20 Å². The first-order chi connectivity index (χ1) is 13.4. The Labute approximate surface area is 160 Å². The largest absolute Gasteiger partial charge is 0.444 e. The zero-order valence-electron chi connectivity index (χ0n) is 15.0. The van der Waals surface area contributed by atoms with E-state index < -0.39 is 36.3 Å². The van der Waals surface area contributed by atoms with Crippen molar-refractivity contribution in [1.82, 2.24) is 9.55 Å². The Bertz CT molecular complexity index is 952. The van der Waals surface area contributed by atoms with E-state index in [9.17, 15) is 19.8 Å². The minimum absolute atomic E-state index is 0.0347. The number of rotatable bonds is 4. The molecule has 146 valence electrons. The van der Waals surface area contributed by atoms with Gasteiger partial charge in [-0.25, -0.2) is 9.59 Å². The molecule has 1 amide bonds. The van der Waals surface area contributed by atoms with Gasteiger partial charge in [0.1, 0.15) is 18.8 Å². The number of nitrogens with one attached hydrogen (secondary N) is 1. The van der Waals surface area contributed by atoms with E-state index in [0.717, 1.165) is 10.1 Å². The molecule has 1 aliphatic heterocycles. The molecule has 0 saturated carbocycles. The number of aliphatic hydroxyl groups is 2. The van der Waals surface area contributed by atoms with E-state index >= 15 is 0 Å². The van der Waals surface area contributed by atoms with E-state index in [-0.39, 0.29) is 18.0 Å². The van der Waals surface area contributed by atoms with Gasteiger partial charge in [-0.2, -0.15) is 4.98 Å². The second kappa shape index (κ2) is 8.22. The van der Waals surface area contributed by atoms with Crippen LogP contribution in [0.15, 0.2) is 41.3 Å². The minimum atomic E-state index is -1.32. The van der Waals surface area contributed by atoms with Crippen molar-refractivity contribution in [3.05, 3.63) is 58.1 Å². The summed E-state index contributed by atoms with van der Waals surface area (Å²) in [5.41, 5.74) is 0.0575. The Morgan fingerprint density at radius 2 is 2.07 bits per heavy atom. The molecule has 1 aromatic heterocycles. The molecular weight excluding hydrogens is 366 g/mol. The van der Waals surface area contributed by atoms with Crippen molar-refractivity contribution in [1.29, 1.82) is 0 Å². The van der Waals surface area contributed by atoms with Gasteiger partial charge >= 0.3 is 11.8 Å². The SMILES string of the molecule is C#Cc1cn([C@@H]2O[C@H](C)[C@@H](O)[C@H]2O)c(=O)nc1NC(=O)OCc1ccccc1. The molecule has 0 bridgehead atoms. The molecule has 2 aromatic rings. The third-order valence-corrected chi connectivity index (χ3v) is 4.29. The molecule has 0 spiro atoms. The molecule has 28 heavy (non-hydrogen) atoms. The molecular formula is C19H19N3O6. The summed E-state index contributed by atoms with van der Waals surface area (Å²) in [6.07, 6.45) is 1.55. The zero-order chi connectivity index (χ0) is 20.3. The highest BCUT2D eigenvalue weighted by Crippen LogP contribution is 2.28. The molecule has 9 heteroatoms. The summed E-state index contributed by atoms with van der Waals surface area (Å²) in [4.78, 5) is 28.1. The smallest absolute Gasteiger partial charge is 0.413 e. The van der Waals surface area contributed by atoms with Crippen LogP contribution in [-0.2, 0) is 16.1 Å². The molecule has 1 saturated heterocycles. The van der Waals surface area contributed by atoms with Crippen molar-refractivity contribution < 1.29 is 24.5 Å². The number of ether oxygens (including phenoxy) is 2. The first-order valence-electron chi connectivity index (χ1n) is 8.50. The van der Waals surface area contributed by atoms with E-state index in [1.54, 1.807) is 19.1 Å². The quantitative estimate of drug-likeness (QED) is 0.659. The summed E-state index contributed by atoms with van der Waals surface area (Å²) in [7, 11) is 0. The van der Waals surface area contributed by atoms with Crippen molar-refractivity contribution >= 4 is 11.9 Å². The second-order valence-corrected chi connectivity index (χ2v) is 6.24. The van der Waals surface area contributed by atoms with Crippen LogP contribution in [0.3, 0.4) is 0 Å². The Morgan fingerprint density at radius 1 is 1.36 bits per heavy atom. The zero-order valence-corrected chi connectivity index (χ0v) is 15.0. The van der Waals surface area contributed by atoms with Crippen LogP contribution in [0.4, 0.5) is 10.6 Å². The number of anilines is 1. The molecule has 0 unspecified atom stereocenters. The molecule has 1 aromatic carbocycles. The maximum atomic E-state index is 12.3. The normalized spacial score (nSPS) is 23.8. The van der Waals surface area contributed by atoms with E-state index in [1.165, 1.54) is 6.20 Å². The molecule has 3 N–H and O–H groups in total. The maximum Gasteiger partial charge on any atom is 0.413 e. The summed E-state index contributed by atoms with van der Waals surface area (Å²) < 4.78 is 11.5. The van der Waals surface area contributed by atoms with Crippen LogP contribution in [0.2, 0.25) is 0 Å². The summed E-state index contributed by atoms with van der Waals surface area (Å²) in [6.45, 7) is 1.60. The highest BCUT2D eigenvalue weighted by atomic mass is 16.6. The fourth-order valence-corrected chi connectivity index (χ4v) is 2.77. The summed E-state index contributed by atoms with van der Waals surface area (Å²) in [5.74, 6) is 2.16. The summed E-state index contributed by atoms with van der Waals surface area (Å²) in [6, 6.07) is 9.05. The maximum absolute atomic E-state index is 12.3. The van der Waals surface area contributed by atoms with Crippen molar-refractivity contribution in [2.45, 2.75) is 38.1 Å². The third-order valence-electron chi connectivity index (χ3n) is 4.29. The van der Waals surface area contributed by atoms with Crippen molar-refractivity contribution in [2.24, 2.45) is 0 Å². The van der Waals surface area contributed by atoms with Crippen LogP contribution in [0.1, 0.15) is 24.3 Å². The van der Waals surface area contributed by atoms with Gasteiger partial charge in [0.2, 0.25) is 0 Å². The fraction of sp³-hybridized carbons (Fsp3) is 0.316. The van der Waals surface area contributed by atoms with Gasteiger partial charge in [0.15, 0.2) is 12.0 Å². The molecule has 4 atom stereocenters. The first-order valence-corrected chi connectivity index (χ1v) is 8.50. The number of nitrogens with zero attached hydrogens (tertiary/aromatic N) is 2. The van der Waals surface area contributed by atoms with Gasteiger partial charge < -0.3 is 19.7 Å². The second-order valence-electron chi connectivity index (χ2n) is 6.24. The summed E-state index contributed by atoms with van der Waals surface area (Å²) >= 11 is 0. The lowest BCUT2D eigenvalue weighted by molar-refractivity contribution is -0.0350. The van der Waals surface area contributed by atoms with Crippen molar-refractivity contribution in [3.63, 3.8) is 0 Å². The van der Waals surface area contributed by atoms with Crippen LogP contribution < -0.4 is 11.0 Å². The molecule has 1 aliphatic rings.